The van der Waals surface area contributed by atoms with Crippen molar-refractivity contribution in [3.63, 3.8) is 0 Å². The summed E-state index contributed by atoms with van der Waals surface area (Å²) in [5.41, 5.74) is 3.79. The molecule has 1 aromatic carbocycles. The Labute approximate surface area is 110 Å². The minimum Gasteiger partial charge on any atom is -0.465 e. The summed E-state index contributed by atoms with van der Waals surface area (Å²) in [5.74, 6) is -3.04. The first-order valence-corrected chi connectivity index (χ1v) is 5.90. The quantitative estimate of drug-likeness (QED) is 0.633. The second-order valence-electron chi connectivity index (χ2n) is 4.35. The Hall–Kier alpha value is -1.69. The number of carbonyl (C=O) groups excluding carboxylic acids is 1. The fraction of sp³-hybridized carbons (Fsp3) is 0.462. The standard InChI is InChI=1S/C13H17F2NO3/c1-3-19-12(18)13(2,6-7-17)10-9(16)5-4-8(14)11(10)15/h4-5,17H,3,6-7,16H2,1-2H3. The average Bonchev–Trinajstić information content (AvgIpc) is 2.35. The number of anilines is 1. The number of aliphatic hydroxyl groups excluding tert-OH is 1. The number of ether oxygens (including phenoxy) is 1. The fourth-order valence-corrected chi connectivity index (χ4v) is 1.97. The molecule has 0 aromatic heterocycles. The van der Waals surface area contributed by atoms with Crippen molar-refractivity contribution >= 4 is 11.7 Å². The Bertz CT molecular complexity index is 479. The number of carbonyl (C=O) groups is 1. The lowest BCUT2D eigenvalue weighted by atomic mass is 9.78. The van der Waals surface area contributed by atoms with Crippen LogP contribution in [0.3, 0.4) is 0 Å². The lowest BCUT2D eigenvalue weighted by molar-refractivity contribution is -0.150. The number of hydrogen-bond donors (Lipinski definition) is 2. The summed E-state index contributed by atoms with van der Waals surface area (Å²) in [5, 5.41) is 9.07. The molecule has 0 spiro atoms. The van der Waals surface area contributed by atoms with Crippen LogP contribution in [0.2, 0.25) is 0 Å². The summed E-state index contributed by atoms with van der Waals surface area (Å²) < 4.78 is 32.1. The van der Waals surface area contributed by atoms with Gasteiger partial charge >= 0.3 is 5.97 Å². The summed E-state index contributed by atoms with van der Waals surface area (Å²) in [4.78, 5) is 12.0. The topological polar surface area (TPSA) is 72.5 Å². The van der Waals surface area contributed by atoms with Crippen molar-refractivity contribution in [3.05, 3.63) is 29.3 Å². The third kappa shape index (κ3) is 2.84. The van der Waals surface area contributed by atoms with Gasteiger partial charge in [0.05, 0.1) is 12.0 Å². The summed E-state index contributed by atoms with van der Waals surface area (Å²) in [6.07, 6.45) is -0.115. The molecule has 0 aliphatic heterocycles. The van der Waals surface area contributed by atoms with Gasteiger partial charge in [0.25, 0.3) is 0 Å². The first-order valence-electron chi connectivity index (χ1n) is 5.90. The van der Waals surface area contributed by atoms with Crippen LogP contribution in [0.4, 0.5) is 14.5 Å². The third-order valence-corrected chi connectivity index (χ3v) is 3.02. The second-order valence-corrected chi connectivity index (χ2v) is 4.35. The molecule has 0 heterocycles. The fourth-order valence-electron chi connectivity index (χ4n) is 1.97. The number of benzene rings is 1. The number of aliphatic hydroxyl groups is 1. The minimum atomic E-state index is -1.53. The molecule has 0 bridgehead atoms. The summed E-state index contributed by atoms with van der Waals surface area (Å²) in [6, 6.07) is 2.07. The first-order chi connectivity index (χ1) is 8.88. The van der Waals surface area contributed by atoms with E-state index >= 15 is 0 Å². The monoisotopic (exact) mass is 273 g/mol. The number of hydrogen-bond acceptors (Lipinski definition) is 4. The molecule has 19 heavy (non-hydrogen) atoms. The van der Waals surface area contributed by atoms with Gasteiger partial charge < -0.3 is 15.6 Å². The molecule has 1 rings (SSSR count). The van der Waals surface area contributed by atoms with Gasteiger partial charge in [-0.25, -0.2) is 8.78 Å². The molecule has 3 N–H and O–H groups in total. The van der Waals surface area contributed by atoms with Gasteiger partial charge in [-0.3, -0.25) is 4.79 Å². The van der Waals surface area contributed by atoms with E-state index in [9.17, 15) is 13.6 Å². The predicted molar refractivity (Wildman–Crippen MR) is 66.5 cm³/mol. The van der Waals surface area contributed by atoms with E-state index in [1.54, 1.807) is 6.92 Å². The molecule has 1 aromatic rings. The molecule has 0 saturated carbocycles. The van der Waals surface area contributed by atoms with Gasteiger partial charge in [0.1, 0.15) is 0 Å². The van der Waals surface area contributed by atoms with Crippen molar-refractivity contribution in [2.24, 2.45) is 0 Å². The highest BCUT2D eigenvalue weighted by Crippen LogP contribution is 2.36. The van der Waals surface area contributed by atoms with E-state index < -0.39 is 23.0 Å². The SMILES string of the molecule is CCOC(=O)C(C)(CCO)c1c(N)ccc(F)c1F. The summed E-state index contributed by atoms with van der Waals surface area (Å²) >= 11 is 0. The van der Waals surface area contributed by atoms with Crippen LogP contribution < -0.4 is 5.73 Å². The maximum atomic E-state index is 13.9. The van der Waals surface area contributed by atoms with Gasteiger partial charge in [-0.1, -0.05) is 0 Å². The van der Waals surface area contributed by atoms with Crippen molar-refractivity contribution in [2.45, 2.75) is 25.7 Å². The van der Waals surface area contributed by atoms with Crippen LogP contribution in [0.5, 0.6) is 0 Å². The van der Waals surface area contributed by atoms with E-state index in [1.807, 2.05) is 0 Å². The predicted octanol–water partition coefficient (Wildman–Crippen LogP) is 1.75. The average molecular weight is 273 g/mol. The lowest BCUT2D eigenvalue weighted by Crippen LogP contribution is -2.37. The van der Waals surface area contributed by atoms with Gasteiger partial charge in [-0.2, -0.15) is 0 Å². The Balaban J connectivity index is 3.42. The zero-order valence-corrected chi connectivity index (χ0v) is 10.9. The smallest absolute Gasteiger partial charge is 0.316 e. The van der Waals surface area contributed by atoms with E-state index in [0.717, 1.165) is 6.07 Å². The molecule has 4 nitrogen and oxygen atoms in total. The zero-order valence-electron chi connectivity index (χ0n) is 10.9. The molecular weight excluding hydrogens is 256 g/mol. The largest absolute Gasteiger partial charge is 0.465 e. The highest BCUT2D eigenvalue weighted by Gasteiger charge is 2.41. The summed E-state index contributed by atoms with van der Waals surface area (Å²) in [7, 11) is 0. The molecule has 0 amide bonds. The highest BCUT2D eigenvalue weighted by atomic mass is 19.2. The molecule has 0 fully saturated rings. The number of esters is 1. The van der Waals surface area contributed by atoms with E-state index in [2.05, 4.69) is 0 Å². The highest BCUT2D eigenvalue weighted by molar-refractivity contribution is 5.85. The molecule has 106 valence electrons. The molecule has 0 aliphatic carbocycles. The van der Waals surface area contributed by atoms with Gasteiger partial charge in [0, 0.05) is 17.9 Å². The van der Waals surface area contributed by atoms with Crippen LogP contribution in [0.15, 0.2) is 12.1 Å². The van der Waals surface area contributed by atoms with Crippen molar-refractivity contribution in [1.29, 1.82) is 0 Å². The second kappa shape index (κ2) is 5.97. The van der Waals surface area contributed by atoms with Crippen LogP contribution in [0, 0.1) is 11.6 Å². The Morgan fingerprint density at radius 2 is 2.11 bits per heavy atom. The third-order valence-electron chi connectivity index (χ3n) is 3.02. The lowest BCUT2D eigenvalue weighted by Gasteiger charge is -2.28. The van der Waals surface area contributed by atoms with Crippen LogP contribution >= 0.6 is 0 Å². The maximum absolute atomic E-state index is 13.9. The van der Waals surface area contributed by atoms with Crippen molar-refractivity contribution < 1.29 is 23.4 Å². The molecule has 1 atom stereocenters. The van der Waals surface area contributed by atoms with Gasteiger partial charge in [-0.15, -0.1) is 0 Å². The Morgan fingerprint density at radius 3 is 2.63 bits per heavy atom. The number of nitrogens with two attached hydrogens (primary N) is 1. The van der Waals surface area contributed by atoms with E-state index in [4.69, 9.17) is 15.6 Å². The molecular formula is C13H17F2NO3. The Kier molecular flexibility index (Phi) is 4.83. The maximum Gasteiger partial charge on any atom is 0.316 e. The summed E-state index contributed by atoms with van der Waals surface area (Å²) in [6.45, 7) is 2.68. The number of rotatable bonds is 5. The molecule has 0 saturated heterocycles. The Morgan fingerprint density at radius 1 is 1.47 bits per heavy atom. The molecule has 0 aliphatic rings. The van der Waals surface area contributed by atoms with Gasteiger partial charge in [0.15, 0.2) is 11.6 Å². The minimum absolute atomic E-state index is 0.0529. The van der Waals surface area contributed by atoms with Crippen LogP contribution in [-0.2, 0) is 14.9 Å². The molecule has 0 radical (unpaired) electrons. The van der Waals surface area contributed by atoms with Crippen molar-refractivity contribution in [2.75, 3.05) is 18.9 Å². The zero-order chi connectivity index (χ0) is 14.6. The first kappa shape index (κ1) is 15.4. The normalized spacial score (nSPS) is 13.9. The van der Waals surface area contributed by atoms with Crippen LogP contribution in [0.25, 0.3) is 0 Å². The molecule has 1 unspecified atom stereocenters. The van der Waals surface area contributed by atoms with Crippen molar-refractivity contribution in [3.8, 4) is 0 Å². The van der Waals surface area contributed by atoms with Crippen LogP contribution in [-0.4, -0.2) is 24.3 Å². The van der Waals surface area contributed by atoms with Crippen LogP contribution in [0.1, 0.15) is 25.8 Å². The van der Waals surface area contributed by atoms with E-state index in [0.29, 0.717) is 0 Å². The van der Waals surface area contributed by atoms with Gasteiger partial charge in [0.2, 0.25) is 0 Å². The van der Waals surface area contributed by atoms with E-state index in [1.165, 1.54) is 13.0 Å². The molecule has 6 heteroatoms. The van der Waals surface area contributed by atoms with E-state index in [-0.39, 0.29) is 30.9 Å². The van der Waals surface area contributed by atoms with Crippen molar-refractivity contribution in [1.82, 2.24) is 0 Å². The number of nitrogen functional groups attached to an aromatic ring is 1. The van der Waals surface area contributed by atoms with Gasteiger partial charge in [-0.05, 0) is 32.4 Å². The number of halogens is 2.